The fourth-order valence-corrected chi connectivity index (χ4v) is 1.83. The Morgan fingerprint density at radius 3 is 2.12 bits per heavy atom. The third-order valence-electron chi connectivity index (χ3n) is 2.67. The summed E-state index contributed by atoms with van der Waals surface area (Å²) in [4.78, 5) is 11.1. The maximum Gasteiger partial charge on any atom is 0.221 e. The van der Waals surface area contributed by atoms with Crippen LogP contribution in [0.25, 0.3) is 0 Å². The van der Waals surface area contributed by atoms with Gasteiger partial charge in [-0.1, -0.05) is 51.9 Å². The van der Waals surface area contributed by atoms with E-state index >= 15 is 0 Å². The van der Waals surface area contributed by atoms with Gasteiger partial charge in [0.05, 0.1) is 0 Å². The minimum Gasteiger partial charge on any atom is -0.356 e. The first-order valence-corrected chi connectivity index (χ1v) is 7.17. The van der Waals surface area contributed by atoms with Crippen LogP contribution in [0.15, 0.2) is 0 Å². The molecule has 0 unspecified atom stereocenters. The third kappa shape index (κ3) is 11.8. The summed E-state index contributed by atoms with van der Waals surface area (Å²) in [6.45, 7) is 3.05. The van der Waals surface area contributed by atoms with Gasteiger partial charge in [0, 0.05) is 18.8 Å². The second-order valence-corrected chi connectivity index (χ2v) is 4.64. The van der Waals surface area contributed by atoms with Gasteiger partial charge in [0.1, 0.15) is 0 Å². The number of unbranched alkanes of at least 4 members (excludes halogenated alkanes) is 7. The van der Waals surface area contributed by atoms with Crippen LogP contribution >= 0.6 is 11.6 Å². The van der Waals surface area contributed by atoms with Crippen molar-refractivity contribution in [3.8, 4) is 0 Å². The summed E-state index contributed by atoms with van der Waals surface area (Å²) in [5.41, 5.74) is 0. The van der Waals surface area contributed by atoms with Crippen LogP contribution in [0, 0.1) is 0 Å². The Morgan fingerprint density at radius 1 is 1.00 bits per heavy atom. The second kappa shape index (κ2) is 12.8. The van der Waals surface area contributed by atoms with E-state index in [1.165, 1.54) is 44.9 Å². The monoisotopic (exact) mass is 247 g/mol. The van der Waals surface area contributed by atoms with E-state index in [0.29, 0.717) is 12.3 Å². The molecule has 0 aromatic rings. The van der Waals surface area contributed by atoms with Crippen molar-refractivity contribution in [1.29, 1.82) is 0 Å². The quantitative estimate of drug-likeness (QED) is 0.436. The van der Waals surface area contributed by atoms with Gasteiger partial charge in [-0.25, -0.2) is 0 Å². The summed E-state index contributed by atoms with van der Waals surface area (Å²) in [5.74, 6) is 0.501. The van der Waals surface area contributed by atoms with Gasteiger partial charge in [0.15, 0.2) is 0 Å². The average Bonchev–Trinajstić information content (AvgIpc) is 2.27. The topological polar surface area (TPSA) is 29.1 Å². The summed E-state index contributed by atoms with van der Waals surface area (Å²) >= 11 is 5.46. The highest BCUT2D eigenvalue weighted by Crippen LogP contribution is 2.07. The van der Waals surface area contributed by atoms with E-state index in [1.807, 2.05) is 0 Å². The van der Waals surface area contributed by atoms with E-state index in [9.17, 15) is 4.79 Å². The molecule has 0 heterocycles. The van der Waals surface area contributed by atoms with Gasteiger partial charge >= 0.3 is 0 Å². The molecule has 0 aliphatic carbocycles. The molecule has 1 amide bonds. The Hall–Kier alpha value is -0.240. The van der Waals surface area contributed by atoms with Gasteiger partial charge in [0.2, 0.25) is 5.91 Å². The first-order chi connectivity index (χ1) is 7.81. The maximum absolute atomic E-state index is 11.1. The normalized spacial score (nSPS) is 10.4. The Bertz CT molecular complexity index is 162. The number of amides is 1. The van der Waals surface area contributed by atoms with Gasteiger partial charge in [-0.2, -0.15) is 0 Å². The zero-order valence-corrected chi connectivity index (χ0v) is 11.3. The highest BCUT2D eigenvalue weighted by Gasteiger charge is 1.97. The number of carbonyl (C=O) groups excluding carboxylic acids is 1. The van der Waals surface area contributed by atoms with E-state index in [2.05, 4.69) is 12.2 Å². The number of hydrogen-bond acceptors (Lipinski definition) is 1. The van der Waals surface area contributed by atoms with Gasteiger partial charge < -0.3 is 5.32 Å². The smallest absolute Gasteiger partial charge is 0.221 e. The first kappa shape index (κ1) is 15.8. The summed E-state index contributed by atoms with van der Waals surface area (Å²) in [6.07, 6.45) is 10.8. The van der Waals surface area contributed by atoms with Crippen molar-refractivity contribution in [2.75, 3.05) is 12.4 Å². The predicted octanol–water partition coefficient (Wildman–Crippen LogP) is 3.87. The Kier molecular flexibility index (Phi) is 12.6. The minimum atomic E-state index is 0.0814. The van der Waals surface area contributed by atoms with Crippen LogP contribution in [-0.4, -0.2) is 18.3 Å². The average molecular weight is 248 g/mol. The summed E-state index contributed by atoms with van der Waals surface area (Å²) in [5, 5.41) is 2.87. The molecule has 0 aliphatic heterocycles. The van der Waals surface area contributed by atoms with Crippen molar-refractivity contribution in [1.82, 2.24) is 5.32 Å². The van der Waals surface area contributed by atoms with Gasteiger partial charge in [-0.15, -0.1) is 11.6 Å². The number of halogens is 1. The van der Waals surface area contributed by atoms with Crippen LogP contribution in [0.3, 0.4) is 0 Å². The highest BCUT2D eigenvalue weighted by atomic mass is 35.5. The molecule has 0 spiro atoms. The molecule has 16 heavy (non-hydrogen) atoms. The highest BCUT2D eigenvalue weighted by molar-refractivity contribution is 6.18. The summed E-state index contributed by atoms with van der Waals surface area (Å²) in [7, 11) is 0. The number of rotatable bonds is 11. The molecular weight excluding hydrogens is 222 g/mol. The molecule has 0 atom stereocenters. The molecule has 2 nitrogen and oxygen atoms in total. The van der Waals surface area contributed by atoms with Crippen LogP contribution in [0.5, 0.6) is 0 Å². The largest absolute Gasteiger partial charge is 0.356 e. The lowest BCUT2D eigenvalue weighted by atomic mass is 10.1. The van der Waals surface area contributed by atoms with Crippen LogP contribution in [0.1, 0.15) is 64.7 Å². The fourth-order valence-electron chi connectivity index (χ4n) is 1.66. The maximum atomic E-state index is 11.1. The van der Waals surface area contributed by atoms with E-state index in [0.717, 1.165) is 13.0 Å². The van der Waals surface area contributed by atoms with Crippen molar-refractivity contribution >= 4 is 17.5 Å². The minimum absolute atomic E-state index is 0.0814. The van der Waals surface area contributed by atoms with E-state index < -0.39 is 0 Å². The summed E-state index contributed by atoms with van der Waals surface area (Å²) in [6, 6.07) is 0. The molecule has 0 aromatic carbocycles. The van der Waals surface area contributed by atoms with Crippen molar-refractivity contribution in [2.24, 2.45) is 0 Å². The van der Waals surface area contributed by atoms with Gasteiger partial charge in [-0.3, -0.25) is 4.79 Å². The number of carbonyl (C=O) groups is 1. The Morgan fingerprint density at radius 2 is 1.56 bits per heavy atom. The molecule has 3 heteroatoms. The first-order valence-electron chi connectivity index (χ1n) is 6.64. The van der Waals surface area contributed by atoms with Crippen LogP contribution in [0.2, 0.25) is 0 Å². The predicted molar refractivity (Wildman–Crippen MR) is 71.0 cm³/mol. The Balaban J connectivity index is 3.01. The van der Waals surface area contributed by atoms with Crippen LogP contribution in [0.4, 0.5) is 0 Å². The molecular formula is C13H26ClNO. The van der Waals surface area contributed by atoms with E-state index in [1.54, 1.807) is 0 Å². The summed E-state index contributed by atoms with van der Waals surface area (Å²) < 4.78 is 0. The molecule has 0 rings (SSSR count). The van der Waals surface area contributed by atoms with Crippen LogP contribution < -0.4 is 5.32 Å². The van der Waals surface area contributed by atoms with Gasteiger partial charge in [-0.05, 0) is 6.42 Å². The zero-order chi connectivity index (χ0) is 12.1. The molecule has 0 aromatic heterocycles. The SMILES string of the molecule is CCCCCCCCCCNC(=O)CCCl. The van der Waals surface area contributed by atoms with Crippen molar-refractivity contribution in [3.05, 3.63) is 0 Å². The molecule has 0 aliphatic rings. The molecule has 0 saturated heterocycles. The lowest BCUT2D eigenvalue weighted by Crippen LogP contribution is -2.24. The lowest BCUT2D eigenvalue weighted by Gasteiger charge is -2.04. The molecule has 0 bridgehead atoms. The molecule has 0 fully saturated rings. The van der Waals surface area contributed by atoms with Crippen molar-refractivity contribution in [3.63, 3.8) is 0 Å². The zero-order valence-electron chi connectivity index (χ0n) is 10.6. The third-order valence-corrected chi connectivity index (χ3v) is 2.86. The molecule has 0 saturated carbocycles. The van der Waals surface area contributed by atoms with Crippen molar-refractivity contribution < 1.29 is 4.79 Å². The van der Waals surface area contributed by atoms with Gasteiger partial charge in [0.25, 0.3) is 0 Å². The van der Waals surface area contributed by atoms with E-state index in [4.69, 9.17) is 11.6 Å². The van der Waals surface area contributed by atoms with Crippen LogP contribution in [-0.2, 0) is 4.79 Å². The standard InChI is InChI=1S/C13H26ClNO/c1-2-3-4-5-6-7-8-9-12-15-13(16)10-11-14/h2-12H2,1H3,(H,15,16). The molecule has 1 N–H and O–H groups in total. The molecule has 0 radical (unpaired) electrons. The second-order valence-electron chi connectivity index (χ2n) is 4.26. The fraction of sp³-hybridized carbons (Fsp3) is 0.923. The number of hydrogen-bond donors (Lipinski definition) is 1. The number of nitrogens with one attached hydrogen (secondary N) is 1. The lowest BCUT2D eigenvalue weighted by molar-refractivity contribution is -0.120. The van der Waals surface area contributed by atoms with E-state index in [-0.39, 0.29) is 5.91 Å². The number of alkyl halides is 1. The molecule has 96 valence electrons. The van der Waals surface area contributed by atoms with Crippen molar-refractivity contribution in [2.45, 2.75) is 64.7 Å². The Labute approximate surface area is 105 Å².